The molecule has 1 N–H and O–H groups in total. The summed E-state index contributed by atoms with van der Waals surface area (Å²) in [6, 6.07) is 2.04. The molecule has 1 aliphatic rings. The van der Waals surface area contributed by atoms with Gasteiger partial charge in [-0.3, -0.25) is 19.7 Å². The number of likely N-dealkylation sites (tertiary alicyclic amines) is 1. The van der Waals surface area contributed by atoms with Crippen molar-refractivity contribution < 1.29 is 9.32 Å². The molecule has 1 fully saturated rings. The summed E-state index contributed by atoms with van der Waals surface area (Å²) in [6.45, 7) is 5.33. The van der Waals surface area contributed by atoms with Crippen LogP contribution in [-0.2, 0) is 11.8 Å². The molecule has 3 heterocycles. The van der Waals surface area contributed by atoms with Crippen molar-refractivity contribution in [2.45, 2.75) is 38.6 Å². The van der Waals surface area contributed by atoms with Crippen molar-refractivity contribution in [2.75, 3.05) is 18.4 Å². The van der Waals surface area contributed by atoms with Crippen molar-refractivity contribution in [3.05, 3.63) is 29.7 Å². The molecule has 2 aromatic rings. The smallest absolute Gasteiger partial charge is 0.240 e. The number of nitrogens with zero attached hydrogens (tertiary/aromatic N) is 4. The first-order valence-corrected chi connectivity index (χ1v) is 8.02. The second kappa shape index (κ2) is 6.54. The zero-order valence-corrected chi connectivity index (χ0v) is 13.8. The minimum absolute atomic E-state index is 0.0766. The fourth-order valence-electron chi connectivity index (χ4n) is 2.99. The van der Waals surface area contributed by atoms with E-state index in [2.05, 4.69) is 20.5 Å². The Hall–Kier alpha value is -2.15. The highest BCUT2D eigenvalue weighted by atomic mass is 16.5. The minimum Gasteiger partial charge on any atom is -0.338 e. The predicted octanol–water partition coefficient (Wildman–Crippen LogP) is 2.31. The topological polar surface area (TPSA) is 76.2 Å². The third kappa shape index (κ3) is 3.61. The number of rotatable bonds is 5. The van der Waals surface area contributed by atoms with E-state index < -0.39 is 0 Å². The van der Waals surface area contributed by atoms with Crippen LogP contribution in [0.5, 0.6) is 0 Å². The molecule has 0 saturated carbocycles. The first kappa shape index (κ1) is 15.7. The summed E-state index contributed by atoms with van der Waals surface area (Å²) in [4.78, 5) is 14.5. The van der Waals surface area contributed by atoms with E-state index in [0.717, 1.165) is 25.1 Å². The molecule has 0 radical (unpaired) electrons. The van der Waals surface area contributed by atoms with E-state index in [4.69, 9.17) is 4.52 Å². The molecule has 7 nitrogen and oxygen atoms in total. The number of carbonyl (C=O) groups is 1. The summed E-state index contributed by atoms with van der Waals surface area (Å²) in [6.07, 6.45) is 6.05. The number of anilines is 1. The van der Waals surface area contributed by atoms with Gasteiger partial charge in [-0.1, -0.05) is 19.0 Å². The molecular formula is C16H23N5O2. The maximum atomic E-state index is 12.3. The third-order valence-corrected chi connectivity index (χ3v) is 4.20. The van der Waals surface area contributed by atoms with Crippen molar-refractivity contribution in [1.82, 2.24) is 19.8 Å². The van der Waals surface area contributed by atoms with Crippen molar-refractivity contribution in [3.63, 3.8) is 0 Å². The normalized spacial score (nSPS) is 18.7. The van der Waals surface area contributed by atoms with Crippen molar-refractivity contribution in [3.8, 4) is 0 Å². The molecule has 7 heteroatoms. The molecule has 1 atom stereocenters. The van der Waals surface area contributed by atoms with Crippen LogP contribution in [0.15, 0.2) is 23.0 Å². The maximum Gasteiger partial charge on any atom is 0.240 e. The average molecular weight is 317 g/mol. The summed E-state index contributed by atoms with van der Waals surface area (Å²) in [5.74, 6) is 0.612. The zero-order valence-electron chi connectivity index (χ0n) is 13.8. The standard InChI is InChI=1S/C16H23N5O2/c1-11(2)13-7-16(23-19-13)18-15(22)10-21-6-4-5-14(21)12-8-17-20(3)9-12/h7-9,11,14H,4-6,10H2,1-3H3,(H,18,22)/t14-/m1/s1. The van der Waals surface area contributed by atoms with E-state index in [1.165, 1.54) is 5.56 Å². The molecule has 0 unspecified atom stereocenters. The number of aryl methyl sites for hydroxylation is 1. The summed E-state index contributed by atoms with van der Waals surface area (Å²) in [5.41, 5.74) is 2.01. The van der Waals surface area contributed by atoms with Crippen LogP contribution in [0.3, 0.4) is 0 Å². The van der Waals surface area contributed by atoms with E-state index in [1.807, 2.05) is 33.3 Å². The number of aromatic nitrogens is 3. The van der Waals surface area contributed by atoms with Crippen molar-refractivity contribution in [1.29, 1.82) is 0 Å². The van der Waals surface area contributed by atoms with Gasteiger partial charge in [-0.05, 0) is 25.3 Å². The van der Waals surface area contributed by atoms with E-state index >= 15 is 0 Å². The Morgan fingerprint density at radius 2 is 2.35 bits per heavy atom. The quantitative estimate of drug-likeness (QED) is 0.916. The van der Waals surface area contributed by atoms with Crippen LogP contribution in [0.2, 0.25) is 0 Å². The first-order valence-electron chi connectivity index (χ1n) is 8.02. The SMILES string of the molecule is CC(C)c1cc(NC(=O)CN2CCC[C@@H]2c2cnn(C)c2)on1. The van der Waals surface area contributed by atoms with Crippen molar-refractivity contribution in [2.24, 2.45) is 7.05 Å². The second-order valence-electron chi connectivity index (χ2n) is 6.39. The molecule has 23 heavy (non-hydrogen) atoms. The average Bonchev–Trinajstić information content (AvgIpc) is 3.19. The lowest BCUT2D eigenvalue weighted by Crippen LogP contribution is -2.32. The molecular weight excluding hydrogens is 294 g/mol. The molecule has 1 amide bonds. The fourth-order valence-corrected chi connectivity index (χ4v) is 2.99. The number of hydrogen-bond acceptors (Lipinski definition) is 5. The van der Waals surface area contributed by atoms with E-state index in [1.54, 1.807) is 10.7 Å². The molecule has 3 rings (SSSR count). The Labute approximate surface area is 135 Å². The van der Waals surface area contributed by atoms with Gasteiger partial charge < -0.3 is 4.52 Å². The highest BCUT2D eigenvalue weighted by Gasteiger charge is 2.28. The van der Waals surface area contributed by atoms with Gasteiger partial charge in [0.05, 0.1) is 18.4 Å². The molecule has 1 saturated heterocycles. The van der Waals surface area contributed by atoms with Gasteiger partial charge in [0.2, 0.25) is 11.8 Å². The van der Waals surface area contributed by atoms with Gasteiger partial charge in [-0.2, -0.15) is 5.10 Å². The number of carbonyl (C=O) groups excluding carboxylic acids is 1. The van der Waals surface area contributed by atoms with Crippen LogP contribution in [0.1, 0.15) is 49.9 Å². The van der Waals surface area contributed by atoms with Gasteiger partial charge in [-0.15, -0.1) is 0 Å². The maximum absolute atomic E-state index is 12.3. The Morgan fingerprint density at radius 1 is 1.52 bits per heavy atom. The second-order valence-corrected chi connectivity index (χ2v) is 6.39. The molecule has 2 aromatic heterocycles. The van der Waals surface area contributed by atoms with Gasteiger partial charge in [-0.25, -0.2) is 0 Å². The summed E-state index contributed by atoms with van der Waals surface area (Å²) in [7, 11) is 1.91. The lowest BCUT2D eigenvalue weighted by Gasteiger charge is -2.22. The Balaban J connectivity index is 1.60. The lowest BCUT2D eigenvalue weighted by atomic mass is 10.1. The fraction of sp³-hybridized carbons (Fsp3) is 0.562. The number of amides is 1. The van der Waals surface area contributed by atoms with Gasteiger partial charge >= 0.3 is 0 Å². The van der Waals surface area contributed by atoms with Crippen LogP contribution in [0.4, 0.5) is 5.88 Å². The van der Waals surface area contributed by atoms with Gasteiger partial charge in [0, 0.05) is 30.9 Å². The van der Waals surface area contributed by atoms with Crippen LogP contribution < -0.4 is 5.32 Å². The predicted molar refractivity (Wildman–Crippen MR) is 86.0 cm³/mol. The van der Waals surface area contributed by atoms with E-state index in [0.29, 0.717) is 12.4 Å². The Kier molecular flexibility index (Phi) is 4.47. The van der Waals surface area contributed by atoms with Gasteiger partial charge in [0.15, 0.2) is 0 Å². The summed E-state index contributed by atoms with van der Waals surface area (Å²) >= 11 is 0. The highest BCUT2D eigenvalue weighted by Crippen LogP contribution is 2.31. The zero-order chi connectivity index (χ0) is 16.4. The molecule has 1 aliphatic heterocycles. The van der Waals surface area contributed by atoms with E-state index in [-0.39, 0.29) is 17.9 Å². The highest BCUT2D eigenvalue weighted by molar-refractivity contribution is 5.91. The Bertz CT molecular complexity index is 676. The van der Waals surface area contributed by atoms with E-state index in [9.17, 15) is 4.79 Å². The third-order valence-electron chi connectivity index (χ3n) is 4.20. The van der Waals surface area contributed by atoms with Gasteiger partial charge in [0.25, 0.3) is 0 Å². The van der Waals surface area contributed by atoms with Crippen LogP contribution in [0.25, 0.3) is 0 Å². The van der Waals surface area contributed by atoms with Crippen LogP contribution >= 0.6 is 0 Å². The number of nitrogens with one attached hydrogen (secondary N) is 1. The molecule has 124 valence electrons. The van der Waals surface area contributed by atoms with Gasteiger partial charge in [0.1, 0.15) is 0 Å². The van der Waals surface area contributed by atoms with Crippen LogP contribution in [0, 0.1) is 0 Å². The largest absolute Gasteiger partial charge is 0.338 e. The van der Waals surface area contributed by atoms with Crippen LogP contribution in [-0.4, -0.2) is 38.8 Å². The monoisotopic (exact) mass is 317 g/mol. The first-order chi connectivity index (χ1) is 11.0. The molecule has 0 aromatic carbocycles. The Morgan fingerprint density at radius 3 is 3.00 bits per heavy atom. The molecule has 0 bridgehead atoms. The molecule has 0 aliphatic carbocycles. The molecule has 0 spiro atoms. The summed E-state index contributed by atoms with van der Waals surface area (Å²) < 4.78 is 6.96. The lowest BCUT2D eigenvalue weighted by molar-refractivity contribution is -0.117. The summed E-state index contributed by atoms with van der Waals surface area (Å²) in [5, 5.41) is 11.0. The number of hydrogen-bond donors (Lipinski definition) is 1. The van der Waals surface area contributed by atoms with Crippen molar-refractivity contribution >= 4 is 11.8 Å². The minimum atomic E-state index is -0.0766.